The molecule has 1 aromatic rings. The highest BCUT2D eigenvalue weighted by Gasteiger charge is 2.09. The Morgan fingerprint density at radius 1 is 1.45 bits per heavy atom. The van der Waals surface area contributed by atoms with E-state index in [0.29, 0.717) is 13.2 Å². The van der Waals surface area contributed by atoms with E-state index in [1.54, 1.807) is 35.6 Å². The molecule has 1 aromatic carbocycles. The molecule has 2 N–H and O–H groups in total. The number of benzene rings is 1. The lowest BCUT2D eigenvalue weighted by Crippen LogP contribution is -2.26. The van der Waals surface area contributed by atoms with Crippen molar-refractivity contribution in [2.75, 3.05) is 38.6 Å². The Hall–Kier alpha value is -0.690. The lowest BCUT2D eigenvalue weighted by Gasteiger charge is -2.18. The molecule has 0 spiro atoms. The lowest BCUT2D eigenvalue weighted by molar-refractivity contribution is 0.208. The summed E-state index contributed by atoms with van der Waals surface area (Å²) in [6.07, 6.45) is 2.05. The van der Waals surface area contributed by atoms with Gasteiger partial charge in [0.1, 0.15) is 4.38 Å². The molecule has 20 heavy (non-hydrogen) atoms. The average Bonchev–Trinajstić information content (AvgIpc) is 2.43. The first-order valence-corrected chi connectivity index (χ1v) is 8.58. The zero-order valence-corrected chi connectivity index (χ0v) is 14.2. The van der Waals surface area contributed by atoms with Crippen LogP contribution in [0.4, 0.5) is 5.69 Å². The van der Waals surface area contributed by atoms with Crippen molar-refractivity contribution in [1.29, 1.82) is 0 Å². The summed E-state index contributed by atoms with van der Waals surface area (Å²) in [7, 11) is 3.56. The quantitative estimate of drug-likeness (QED) is 0.288. The van der Waals surface area contributed by atoms with Crippen LogP contribution in [0, 0.1) is 6.92 Å². The first kappa shape index (κ1) is 17.4. The molecule has 0 saturated carbocycles. The first-order valence-electron chi connectivity index (χ1n) is 6.37. The van der Waals surface area contributed by atoms with Crippen LogP contribution in [0.15, 0.2) is 23.2 Å². The minimum Gasteiger partial charge on any atom is -0.383 e. The van der Waals surface area contributed by atoms with Crippen LogP contribution in [0.1, 0.15) is 11.1 Å². The molecule has 0 aliphatic carbocycles. The van der Waals surface area contributed by atoms with Gasteiger partial charge in [-0.3, -0.25) is 4.99 Å². The summed E-state index contributed by atoms with van der Waals surface area (Å²) < 4.78 is 6.10. The van der Waals surface area contributed by atoms with E-state index in [-0.39, 0.29) is 0 Å². The standard InChI is InChI=1S/C14H23N3OS2/c1-11-6-5-7-13(17(2)15)12(11)10-20-14(19-4)16-8-9-18-3/h5-7H,8-10,15H2,1-4H3. The number of hydrogen-bond donors (Lipinski definition) is 1. The Morgan fingerprint density at radius 3 is 2.80 bits per heavy atom. The van der Waals surface area contributed by atoms with Gasteiger partial charge in [-0.25, -0.2) is 5.84 Å². The molecule has 6 heteroatoms. The normalized spacial score (nSPS) is 11.8. The fourth-order valence-electron chi connectivity index (χ4n) is 1.74. The van der Waals surface area contributed by atoms with Crippen molar-refractivity contribution in [3.63, 3.8) is 0 Å². The van der Waals surface area contributed by atoms with Gasteiger partial charge < -0.3 is 9.75 Å². The van der Waals surface area contributed by atoms with Gasteiger partial charge in [0, 0.05) is 19.9 Å². The van der Waals surface area contributed by atoms with Crippen LogP contribution in [0.5, 0.6) is 0 Å². The maximum atomic E-state index is 5.89. The SMILES string of the molecule is COCCN=C(SC)SCc1c(C)cccc1N(C)N. The zero-order valence-electron chi connectivity index (χ0n) is 12.5. The number of nitrogens with two attached hydrogens (primary N) is 1. The number of ether oxygens (including phenoxy) is 1. The number of hydrazine groups is 1. The molecule has 0 aromatic heterocycles. The molecule has 0 atom stereocenters. The van der Waals surface area contributed by atoms with Crippen molar-refractivity contribution in [3.8, 4) is 0 Å². The van der Waals surface area contributed by atoms with Crippen molar-refractivity contribution in [1.82, 2.24) is 0 Å². The van der Waals surface area contributed by atoms with E-state index in [9.17, 15) is 0 Å². The summed E-state index contributed by atoms with van der Waals surface area (Å²) in [5.74, 6) is 6.76. The number of anilines is 1. The van der Waals surface area contributed by atoms with Gasteiger partial charge in [0.05, 0.1) is 18.8 Å². The molecule has 0 fully saturated rings. The summed E-state index contributed by atoms with van der Waals surface area (Å²) in [4.78, 5) is 4.52. The smallest absolute Gasteiger partial charge is 0.124 e. The molecule has 0 saturated heterocycles. The van der Waals surface area contributed by atoms with Crippen molar-refractivity contribution < 1.29 is 4.74 Å². The van der Waals surface area contributed by atoms with Gasteiger partial charge in [-0.1, -0.05) is 23.9 Å². The fourth-order valence-corrected chi connectivity index (χ4v) is 3.43. The number of hydrogen-bond acceptors (Lipinski definition) is 6. The molecule has 4 nitrogen and oxygen atoms in total. The summed E-state index contributed by atoms with van der Waals surface area (Å²) in [6.45, 7) is 3.48. The highest BCUT2D eigenvalue weighted by atomic mass is 32.2. The van der Waals surface area contributed by atoms with Crippen LogP contribution in [-0.2, 0) is 10.5 Å². The maximum absolute atomic E-state index is 5.89. The van der Waals surface area contributed by atoms with Gasteiger partial charge in [-0.05, 0) is 30.4 Å². The van der Waals surface area contributed by atoms with Crippen LogP contribution in [0.3, 0.4) is 0 Å². The number of nitrogens with zero attached hydrogens (tertiary/aromatic N) is 2. The average molecular weight is 313 g/mol. The number of thioether (sulfide) groups is 2. The Morgan fingerprint density at radius 2 is 2.20 bits per heavy atom. The van der Waals surface area contributed by atoms with Gasteiger partial charge in [0.15, 0.2) is 0 Å². The number of methoxy groups -OCH3 is 1. The van der Waals surface area contributed by atoms with E-state index < -0.39 is 0 Å². The fraction of sp³-hybridized carbons (Fsp3) is 0.500. The zero-order chi connectivity index (χ0) is 15.0. The Labute approximate surface area is 130 Å². The number of aliphatic imine (C=N–C) groups is 1. The van der Waals surface area contributed by atoms with Crippen LogP contribution < -0.4 is 10.9 Å². The molecular formula is C14H23N3OS2. The van der Waals surface area contributed by atoms with E-state index in [2.05, 4.69) is 18.0 Å². The minimum absolute atomic E-state index is 0.659. The molecule has 0 aliphatic heterocycles. The van der Waals surface area contributed by atoms with Crippen LogP contribution >= 0.6 is 23.5 Å². The van der Waals surface area contributed by atoms with E-state index in [1.807, 2.05) is 25.4 Å². The summed E-state index contributed by atoms with van der Waals surface area (Å²) in [6, 6.07) is 6.19. The molecule has 0 amide bonds. The summed E-state index contributed by atoms with van der Waals surface area (Å²) >= 11 is 3.42. The Kier molecular flexibility index (Phi) is 8.06. The monoisotopic (exact) mass is 313 g/mol. The van der Waals surface area contributed by atoms with Crippen molar-refractivity contribution >= 4 is 33.6 Å². The molecule has 0 aliphatic rings. The van der Waals surface area contributed by atoms with Crippen molar-refractivity contribution in [2.24, 2.45) is 10.8 Å². The summed E-state index contributed by atoms with van der Waals surface area (Å²) in [5, 5.41) is 1.67. The van der Waals surface area contributed by atoms with Crippen LogP contribution in [0.2, 0.25) is 0 Å². The molecule has 0 unspecified atom stereocenters. The second-order valence-corrected chi connectivity index (χ2v) is 6.33. The Bertz CT molecular complexity index is 450. The van der Waals surface area contributed by atoms with E-state index >= 15 is 0 Å². The van der Waals surface area contributed by atoms with Gasteiger partial charge in [0.2, 0.25) is 0 Å². The molecule has 0 bridgehead atoms. The predicted molar refractivity (Wildman–Crippen MR) is 92.8 cm³/mol. The maximum Gasteiger partial charge on any atom is 0.124 e. The van der Waals surface area contributed by atoms with Gasteiger partial charge in [-0.2, -0.15) is 0 Å². The molecule has 0 radical (unpaired) electrons. The largest absolute Gasteiger partial charge is 0.383 e. The second kappa shape index (κ2) is 9.28. The van der Waals surface area contributed by atoms with Crippen molar-refractivity contribution in [2.45, 2.75) is 12.7 Å². The van der Waals surface area contributed by atoms with Gasteiger partial charge in [-0.15, -0.1) is 11.8 Å². The highest BCUT2D eigenvalue weighted by Crippen LogP contribution is 2.28. The molecule has 0 heterocycles. The van der Waals surface area contributed by atoms with Gasteiger partial charge in [0.25, 0.3) is 0 Å². The lowest BCUT2D eigenvalue weighted by atomic mass is 10.1. The minimum atomic E-state index is 0.659. The van der Waals surface area contributed by atoms with Crippen LogP contribution in [-0.4, -0.2) is 37.9 Å². The van der Waals surface area contributed by atoms with Gasteiger partial charge >= 0.3 is 0 Å². The number of aryl methyl sites for hydroxylation is 1. The summed E-state index contributed by atoms with van der Waals surface area (Å²) in [5.41, 5.74) is 3.58. The molecular weight excluding hydrogens is 290 g/mol. The predicted octanol–water partition coefficient (Wildman–Crippen LogP) is 2.90. The molecule has 1 rings (SSSR count). The van der Waals surface area contributed by atoms with E-state index in [0.717, 1.165) is 15.8 Å². The topological polar surface area (TPSA) is 50.8 Å². The third kappa shape index (κ3) is 5.36. The van der Waals surface area contributed by atoms with E-state index in [4.69, 9.17) is 10.6 Å². The Balaban J connectivity index is 2.75. The highest BCUT2D eigenvalue weighted by molar-refractivity contribution is 8.38. The second-order valence-electron chi connectivity index (χ2n) is 4.32. The van der Waals surface area contributed by atoms with Crippen LogP contribution in [0.25, 0.3) is 0 Å². The van der Waals surface area contributed by atoms with Crippen molar-refractivity contribution in [3.05, 3.63) is 29.3 Å². The first-order chi connectivity index (χ1) is 9.60. The number of rotatable bonds is 6. The third-order valence-electron chi connectivity index (χ3n) is 2.82. The third-order valence-corrected chi connectivity index (χ3v) is 4.96. The molecule has 112 valence electrons. The van der Waals surface area contributed by atoms with E-state index in [1.165, 1.54) is 11.1 Å².